The van der Waals surface area contributed by atoms with E-state index in [1.165, 1.54) is 31.8 Å². The normalized spacial score (nSPS) is 17.9. The number of rotatable bonds is 7. The Morgan fingerprint density at radius 1 is 1.13 bits per heavy atom. The largest absolute Gasteiger partial charge is 0.497 e. The van der Waals surface area contributed by atoms with Crippen molar-refractivity contribution in [3.8, 4) is 5.75 Å². The number of anilines is 1. The number of likely N-dealkylation sites (tertiary alicyclic amines) is 1. The summed E-state index contributed by atoms with van der Waals surface area (Å²) in [6, 6.07) is 14.6. The molecule has 1 N–H and O–H groups in total. The zero-order valence-electron chi connectivity index (χ0n) is 18.4. The van der Waals surface area contributed by atoms with E-state index < -0.39 is 10.0 Å². The Bertz CT molecular complexity index is 990. The van der Waals surface area contributed by atoms with Crippen LogP contribution in [0.5, 0.6) is 5.75 Å². The minimum Gasteiger partial charge on any atom is -0.497 e. The molecule has 1 heterocycles. The maximum absolute atomic E-state index is 12.8. The summed E-state index contributed by atoms with van der Waals surface area (Å²) in [5.41, 5.74) is 1.65. The highest BCUT2D eigenvalue weighted by Gasteiger charge is 2.25. The minimum atomic E-state index is -3.56. The first-order valence-electron chi connectivity index (χ1n) is 10.5. The van der Waals surface area contributed by atoms with Gasteiger partial charge in [-0.15, -0.1) is 0 Å². The van der Waals surface area contributed by atoms with Gasteiger partial charge in [-0.05, 0) is 55.3 Å². The highest BCUT2D eigenvalue weighted by Crippen LogP contribution is 2.31. The molecule has 1 fully saturated rings. The summed E-state index contributed by atoms with van der Waals surface area (Å²) < 4.78 is 31.2. The van der Waals surface area contributed by atoms with Crippen LogP contribution in [0, 0.1) is 0 Å². The van der Waals surface area contributed by atoms with Crippen LogP contribution in [-0.2, 0) is 14.8 Å². The van der Waals surface area contributed by atoms with Gasteiger partial charge in [0.2, 0.25) is 15.9 Å². The van der Waals surface area contributed by atoms with E-state index in [1.54, 1.807) is 19.2 Å². The van der Waals surface area contributed by atoms with Gasteiger partial charge in [-0.2, -0.15) is 0 Å². The van der Waals surface area contributed by atoms with Gasteiger partial charge >= 0.3 is 0 Å². The molecule has 3 rings (SSSR count). The summed E-state index contributed by atoms with van der Waals surface area (Å²) in [4.78, 5) is 15.2. The van der Waals surface area contributed by atoms with Gasteiger partial charge in [0.25, 0.3) is 0 Å². The zero-order chi connectivity index (χ0) is 22.4. The molecule has 1 atom stereocenters. The molecule has 0 unspecified atom stereocenters. The van der Waals surface area contributed by atoms with Gasteiger partial charge in [-0.1, -0.05) is 31.0 Å². The summed E-state index contributed by atoms with van der Waals surface area (Å²) in [7, 11) is 1.06. The van der Waals surface area contributed by atoms with Crippen LogP contribution in [0.1, 0.15) is 37.3 Å². The van der Waals surface area contributed by atoms with E-state index in [2.05, 4.69) is 22.3 Å². The number of nitrogens with one attached hydrogen (secondary N) is 1. The molecule has 0 radical (unpaired) electrons. The van der Waals surface area contributed by atoms with Crippen molar-refractivity contribution in [1.82, 2.24) is 9.21 Å². The van der Waals surface area contributed by atoms with Crippen LogP contribution in [0.4, 0.5) is 5.69 Å². The predicted octanol–water partition coefficient (Wildman–Crippen LogP) is 3.50. The lowest BCUT2D eigenvalue weighted by molar-refractivity contribution is -0.117. The molecule has 7 nitrogen and oxygen atoms in total. The van der Waals surface area contributed by atoms with Crippen LogP contribution >= 0.6 is 0 Å². The van der Waals surface area contributed by atoms with Crippen molar-refractivity contribution in [2.45, 2.75) is 36.6 Å². The maximum Gasteiger partial charge on any atom is 0.242 e. The molecule has 168 valence electrons. The minimum absolute atomic E-state index is 0.153. The van der Waals surface area contributed by atoms with E-state index >= 15 is 0 Å². The number of nitrogens with zero attached hydrogens (tertiary/aromatic N) is 2. The van der Waals surface area contributed by atoms with Crippen molar-refractivity contribution in [2.24, 2.45) is 0 Å². The number of carbonyl (C=O) groups excluding carboxylic acids is 1. The molecule has 8 heteroatoms. The van der Waals surface area contributed by atoms with Crippen LogP contribution < -0.4 is 10.1 Å². The SMILES string of the molecule is COc1ccc([C@H]2CCCCCN2CC(=O)Nc2cccc(S(=O)(=O)N(C)C)c2)cc1. The lowest BCUT2D eigenvalue weighted by Gasteiger charge is -2.30. The zero-order valence-corrected chi connectivity index (χ0v) is 19.2. The van der Waals surface area contributed by atoms with Gasteiger partial charge in [0.05, 0.1) is 18.6 Å². The molecule has 1 aliphatic rings. The summed E-state index contributed by atoms with van der Waals surface area (Å²) in [6.07, 6.45) is 4.32. The monoisotopic (exact) mass is 445 g/mol. The van der Waals surface area contributed by atoms with E-state index in [1.807, 2.05) is 12.1 Å². The molecular formula is C23H31N3O4S. The van der Waals surface area contributed by atoms with Crippen LogP contribution in [-0.4, -0.2) is 57.8 Å². The number of amides is 1. The molecule has 0 saturated carbocycles. The van der Waals surface area contributed by atoms with Crippen LogP contribution in [0.15, 0.2) is 53.4 Å². The van der Waals surface area contributed by atoms with Gasteiger partial charge in [0.15, 0.2) is 0 Å². The summed E-state index contributed by atoms with van der Waals surface area (Å²) in [5.74, 6) is 0.661. The lowest BCUT2D eigenvalue weighted by atomic mass is 10.0. The van der Waals surface area contributed by atoms with Crippen molar-refractivity contribution >= 4 is 21.6 Å². The lowest BCUT2D eigenvalue weighted by Crippen LogP contribution is -2.36. The Labute approximate surface area is 185 Å². The van der Waals surface area contributed by atoms with Crippen molar-refractivity contribution < 1.29 is 17.9 Å². The first-order valence-corrected chi connectivity index (χ1v) is 12.0. The molecule has 0 spiro atoms. The quantitative estimate of drug-likeness (QED) is 0.706. The molecule has 2 aromatic rings. The second-order valence-electron chi connectivity index (χ2n) is 7.97. The Balaban J connectivity index is 1.73. The molecule has 0 aromatic heterocycles. The first kappa shape index (κ1) is 23.2. The third kappa shape index (κ3) is 5.84. The van der Waals surface area contributed by atoms with Gasteiger partial charge in [0, 0.05) is 25.8 Å². The number of methoxy groups -OCH3 is 1. The van der Waals surface area contributed by atoms with E-state index in [-0.39, 0.29) is 23.4 Å². The van der Waals surface area contributed by atoms with Crippen molar-refractivity contribution in [2.75, 3.05) is 39.6 Å². The molecule has 31 heavy (non-hydrogen) atoms. The van der Waals surface area contributed by atoms with E-state index in [0.717, 1.165) is 42.3 Å². The summed E-state index contributed by atoms with van der Waals surface area (Å²) >= 11 is 0. The molecule has 2 aromatic carbocycles. The van der Waals surface area contributed by atoms with E-state index in [0.29, 0.717) is 5.69 Å². The molecule has 1 amide bonds. The van der Waals surface area contributed by atoms with Crippen molar-refractivity contribution in [1.29, 1.82) is 0 Å². The van der Waals surface area contributed by atoms with Crippen LogP contribution in [0.25, 0.3) is 0 Å². The summed E-state index contributed by atoms with van der Waals surface area (Å²) in [5, 5.41) is 2.87. The Hall–Kier alpha value is -2.42. The average molecular weight is 446 g/mol. The first-order chi connectivity index (χ1) is 14.8. The van der Waals surface area contributed by atoms with Gasteiger partial charge in [-0.25, -0.2) is 12.7 Å². The number of sulfonamides is 1. The Morgan fingerprint density at radius 2 is 1.87 bits per heavy atom. The maximum atomic E-state index is 12.8. The average Bonchev–Trinajstić information content (AvgIpc) is 2.99. The van der Waals surface area contributed by atoms with Crippen LogP contribution in [0.3, 0.4) is 0 Å². The number of ether oxygens (including phenoxy) is 1. The molecule has 1 aliphatic heterocycles. The standard InChI is InChI=1S/C23H31N3O4S/c1-25(2)31(28,29)21-9-7-8-19(16-21)24-23(27)17-26-15-6-4-5-10-22(26)18-11-13-20(30-3)14-12-18/h7-9,11-14,16,22H,4-6,10,15,17H2,1-3H3,(H,24,27)/t22-/m1/s1. The molecule has 0 bridgehead atoms. The Morgan fingerprint density at radius 3 is 2.55 bits per heavy atom. The van der Waals surface area contributed by atoms with E-state index in [9.17, 15) is 13.2 Å². The van der Waals surface area contributed by atoms with Crippen molar-refractivity contribution in [3.05, 3.63) is 54.1 Å². The fourth-order valence-electron chi connectivity index (χ4n) is 3.89. The second-order valence-corrected chi connectivity index (χ2v) is 10.1. The van der Waals surface area contributed by atoms with Crippen molar-refractivity contribution in [3.63, 3.8) is 0 Å². The number of carbonyl (C=O) groups is 1. The van der Waals surface area contributed by atoms with Gasteiger partial charge < -0.3 is 10.1 Å². The third-order valence-corrected chi connectivity index (χ3v) is 7.42. The highest BCUT2D eigenvalue weighted by atomic mass is 32.2. The van der Waals surface area contributed by atoms with Crippen LogP contribution in [0.2, 0.25) is 0 Å². The number of benzene rings is 2. The predicted molar refractivity (Wildman–Crippen MR) is 122 cm³/mol. The fraction of sp³-hybridized carbons (Fsp3) is 0.435. The molecular weight excluding hydrogens is 414 g/mol. The topological polar surface area (TPSA) is 79.0 Å². The number of hydrogen-bond donors (Lipinski definition) is 1. The third-order valence-electron chi connectivity index (χ3n) is 5.61. The molecule has 0 aliphatic carbocycles. The second kappa shape index (κ2) is 10.3. The number of hydrogen-bond acceptors (Lipinski definition) is 5. The highest BCUT2D eigenvalue weighted by molar-refractivity contribution is 7.89. The van der Waals surface area contributed by atoms with E-state index in [4.69, 9.17) is 4.74 Å². The smallest absolute Gasteiger partial charge is 0.242 e. The molecule has 1 saturated heterocycles. The summed E-state index contributed by atoms with van der Waals surface area (Å²) in [6.45, 7) is 1.10. The fourth-order valence-corrected chi connectivity index (χ4v) is 4.84. The van der Waals surface area contributed by atoms with Gasteiger partial charge in [0.1, 0.15) is 5.75 Å². The van der Waals surface area contributed by atoms with Gasteiger partial charge in [-0.3, -0.25) is 9.69 Å². The Kier molecular flexibility index (Phi) is 7.69.